The number of nitrogens with one attached hydrogen (secondary N) is 1. The van der Waals surface area contributed by atoms with Crippen molar-refractivity contribution in [3.63, 3.8) is 0 Å². The SMILES string of the molecule is CCCCCCCC/C=C\CCCCCCCCCC(=O)OCCCCCCCCCCC/C=C\C/C=C\CCCCCCCCCCCCCCCCCCCC(=O)NC(CO)C(O)/C=C/CCCCCCCCCCCCCCCCCC. The lowest BCUT2D eigenvalue weighted by molar-refractivity contribution is -0.143. The number of aliphatic hydroxyl groups is 2. The topological polar surface area (TPSA) is 95.9 Å². The average Bonchev–Trinajstić information content (AvgIpc) is 3.51. The molecule has 2 atom stereocenters. The van der Waals surface area contributed by atoms with Crippen molar-refractivity contribution in [2.24, 2.45) is 0 Å². The Morgan fingerprint density at radius 3 is 0.906 bits per heavy atom. The molecule has 0 spiro atoms. The maximum absolute atomic E-state index is 12.5. The first-order valence-corrected chi connectivity index (χ1v) is 38.4. The third kappa shape index (κ3) is 70.8. The van der Waals surface area contributed by atoms with Gasteiger partial charge in [-0.2, -0.15) is 0 Å². The summed E-state index contributed by atoms with van der Waals surface area (Å²) in [4.78, 5) is 24.6. The van der Waals surface area contributed by atoms with E-state index in [1.165, 1.54) is 340 Å². The molecule has 0 saturated heterocycles. The number of carbonyl (C=O) groups excluding carboxylic acids is 2. The van der Waals surface area contributed by atoms with Crippen molar-refractivity contribution in [2.75, 3.05) is 13.2 Å². The summed E-state index contributed by atoms with van der Waals surface area (Å²) in [6.07, 6.45) is 97.9. The van der Waals surface area contributed by atoms with E-state index in [9.17, 15) is 19.8 Å². The van der Waals surface area contributed by atoms with Crippen LogP contribution >= 0.6 is 0 Å². The van der Waals surface area contributed by atoms with E-state index >= 15 is 0 Å². The molecular formula is C79H149NO5. The molecule has 0 rings (SSSR count). The van der Waals surface area contributed by atoms with E-state index in [0.29, 0.717) is 19.4 Å². The number of allylic oxidation sites excluding steroid dienone is 7. The highest BCUT2D eigenvalue weighted by Gasteiger charge is 2.18. The molecule has 3 N–H and O–H groups in total. The molecular weight excluding hydrogens is 1040 g/mol. The van der Waals surface area contributed by atoms with Gasteiger partial charge in [0.1, 0.15) is 0 Å². The third-order valence-electron chi connectivity index (χ3n) is 17.8. The van der Waals surface area contributed by atoms with Crippen molar-refractivity contribution in [3.05, 3.63) is 48.6 Å². The molecule has 0 radical (unpaired) electrons. The minimum atomic E-state index is -0.844. The van der Waals surface area contributed by atoms with Crippen LogP contribution in [0.3, 0.4) is 0 Å². The Bertz CT molecular complexity index is 1420. The van der Waals surface area contributed by atoms with E-state index < -0.39 is 12.1 Å². The van der Waals surface area contributed by atoms with Gasteiger partial charge in [-0.25, -0.2) is 0 Å². The van der Waals surface area contributed by atoms with Crippen LogP contribution in [-0.4, -0.2) is 47.4 Å². The highest BCUT2D eigenvalue weighted by atomic mass is 16.5. The van der Waals surface area contributed by atoms with Gasteiger partial charge in [0, 0.05) is 12.8 Å². The minimum Gasteiger partial charge on any atom is -0.466 e. The lowest BCUT2D eigenvalue weighted by Crippen LogP contribution is -2.45. The van der Waals surface area contributed by atoms with Gasteiger partial charge in [0.2, 0.25) is 5.91 Å². The van der Waals surface area contributed by atoms with Gasteiger partial charge in [-0.3, -0.25) is 9.59 Å². The van der Waals surface area contributed by atoms with Gasteiger partial charge in [0.05, 0.1) is 25.4 Å². The Morgan fingerprint density at radius 2 is 0.588 bits per heavy atom. The van der Waals surface area contributed by atoms with E-state index in [1.807, 2.05) is 6.08 Å². The maximum Gasteiger partial charge on any atom is 0.305 e. The molecule has 0 bridgehead atoms. The van der Waals surface area contributed by atoms with Gasteiger partial charge < -0.3 is 20.3 Å². The fourth-order valence-electron chi connectivity index (χ4n) is 12.0. The predicted octanol–water partition coefficient (Wildman–Crippen LogP) is 25.2. The van der Waals surface area contributed by atoms with Crippen molar-refractivity contribution in [2.45, 2.75) is 431 Å². The van der Waals surface area contributed by atoms with E-state index in [4.69, 9.17) is 4.74 Å². The number of esters is 1. The second-order valence-electron chi connectivity index (χ2n) is 26.3. The number of hydrogen-bond donors (Lipinski definition) is 3. The number of aliphatic hydroxyl groups excluding tert-OH is 2. The summed E-state index contributed by atoms with van der Waals surface area (Å²) in [5.74, 6) is -0.0520. The second kappa shape index (κ2) is 74.3. The van der Waals surface area contributed by atoms with Crippen molar-refractivity contribution in [1.82, 2.24) is 5.32 Å². The minimum absolute atomic E-state index is 0.0110. The van der Waals surface area contributed by atoms with Crippen molar-refractivity contribution >= 4 is 11.9 Å². The molecule has 0 aliphatic heterocycles. The smallest absolute Gasteiger partial charge is 0.305 e. The van der Waals surface area contributed by atoms with Crippen molar-refractivity contribution in [1.29, 1.82) is 0 Å². The van der Waals surface area contributed by atoms with Crippen LogP contribution in [0.1, 0.15) is 418 Å². The van der Waals surface area contributed by atoms with Crippen LogP contribution in [-0.2, 0) is 14.3 Å². The lowest BCUT2D eigenvalue weighted by Gasteiger charge is -2.20. The van der Waals surface area contributed by atoms with Crippen LogP contribution < -0.4 is 5.32 Å². The molecule has 2 unspecified atom stereocenters. The highest BCUT2D eigenvalue weighted by Crippen LogP contribution is 2.19. The summed E-state index contributed by atoms with van der Waals surface area (Å²) < 4.78 is 5.50. The van der Waals surface area contributed by atoms with Crippen LogP contribution in [0.5, 0.6) is 0 Å². The first-order chi connectivity index (χ1) is 42.0. The fraction of sp³-hybridized carbons (Fsp3) is 0.873. The zero-order valence-electron chi connectivity index (χ0n) is 57.4. The molecule has 0 fully saturated rings. The fourth-order valence-corrected chi connectivity index (χ4v) is 12.0. The Hall–Kier alpha value is -2.18. The Balaban J connectivity index is 3.39. The molecule has 0 heterocycles. The van der Waals surface area contributed by atoms with Crippen LogP contribution in [0.25, 0.3) is 0 Å². The Labute approximate surface area is 531 Å². The normalized spacial score (nSPS) is 12.8. The predicted molar refractivity (Wildman–Crippen MR) is 375 cm³/mol. The second-order valence-corrected chi connectivity index (χ2v) is 26.3. The molecule has 0 saturated carbocycles. The highest BCUT2D eigenvalue weighted by molar-refractivity contribution is 5.76. The van der Waals surface area contributed by atoms with E-state index in [-0.39, 0.29) is 18.5 Å². The molecule has 1 amide bonds. The lowest BCUT2D eigenvalue weighted by atomic mass is 10.0. The van der Waals surface area contributed by atoms with Crippen molar-refractivity contribution in [3.8, 4) is 0 Å². The molecule has 6 heteroatoms. The summed E-state index contributed by atoms with van der Waals surface area (Å²) in [6, 6.07) is -0.628. The molecule has 0 aliphatic carbocycles. The summed E-state index contributed by atoms with van der Waals surface area (Å²) in [5, 5.41) is 23.2. The van der Waals surface area contributed by atoms with E-state index in [0.717, 1.165) is 51.4 Å². The van der Waals surface area contributed by atoms with Gasteiger partial charge in [0.15, 0.2) is 0 Å². The number of amides is 1. The molecule has 0 aliphatic rings. The van der Waals surface area contributed by atoms with E-state index in [1.54, 1.807) is 6.08 Å². The van der Waals surface area contributed by atoms with Crippen LogP contribution in [0.2, 0.25) is 0 Å². The van der Waals surface area contributed by atoms with Gasteiger partial charge in [-0.05, 0) is 89.9 Å². The monoisotopic (exact) mass is 1190 g/mol. The average molecular weight is 1190 g/mol. The summed E-state index contributed by atoms with van der Waals surface area (Å²) in [5.41, 5.74) is 0. The number of hydrogen-bond acceptors (Lipinski definition) is 5. The van der Waals surface area contributed by atoms with Gasteiger partial charge in [0.25, 0.3) is 0 Å². The Kier molecular flexibility index (Phi) is 72.4. The summed E-state index contributed by atoms with van der Waals surface area (Å²) in [7, 11) is 0. The molecule has 0 aromatic carbocycles. The van der Waals surface area contributed by atoms with Crippen LogP contribution in [0, 0.1) is 0 Å². The maximum atomic E-state index is 12.5. The van der Waals surface area contributed by atoms with Crippen LogP contribution in [0.15, 0.2) is 48.6 Å². The standard InChI is InChI=1S/C79H149NO5/c1-3-5-7-9-11-13-15-17-19-21-40-43-47-51-55-59-63-67-71-77(82)76(75-81)80-78(83)72-68-64-60-56-52-48-44-41-37-35-33-31-29-27-25-23-22-24-26-28-30-32-34-36-38-42-46-50-54-58-62-66-70-74-85-79(84)73-69-65-61-57-53-49-45-39-20-18-16-14-12-10-8-6-4-2/h18,20,26,28,32,34,67,71,76-77,81-82H,3-17,19,21-25,27,29-31,33,35-66,68-70,72-75H2,1-2H3,(H,80,83)/b20-18-,28-26-,34-32-,71-67+. The summed E-state index contributed by atoms with van der Waals surface area (Å²) >= 11 is 0. The number of ether oxygens (including phenoxy) is 1. The molecule has 85 heavy (non-hydrogen) atoms. The van der Waals surface area contributed by atoms with Crippen molar-refractivity contribution < 1.29 is 24.5 Å². The summed E-state index contributed by atoms with van der Waals surface area (Å²) in [6.45, 7) is 4.93. The number of rotatable bonds is 72. The zero-order chi connectivity index (χ0) is 61.3. The zero-order valence-corrected chi connectivity index (χ0v) is 57.4. The van der Waals surface area contributed by atoms with E-state index in [2.05, 4.69) is 55.6 Å². The Morgan fingerprint density at radius 1 is 0.329 bits per heavy atom. The molecule has 6 nitrogen and oxygen atoms in total. The number of unbranched alkanes of at least 4 members (excludes halogenated alkanes) is 55. The van der Waals surface area contributed by atoms with Crippen LogP contribution in [0.4, 0.5) is 0 Å². The number of carbonyl (C=O) groups is 2. The quantitative estimate of drug-likeness (QED) is 0.0320. The van der Waals surface area contributed by atoms with Gasteiger partial charge in [-0.1, -0.05) is 364 Å². The first-order valence-electron chi connectivity index (χ1n) is 38.4. The first kappa shape index (κ1) is 82.8. The van der Waals surface area contributed by atoms with Gasteiger partial charge >= 0.3 is 5.97 Å². The molecule has 500 valence electrons. The largest absolute Gasteiger partial charge is 0.466 e. The third-order valence-corrected chi connectivity index (χ3v) is 17.8. The molecule has 0 aromatic heterocycles. The van der Waals surface area contributed by atoms with Gasteiger partial charge in [-0.15, -0.1) is 0 Å². The molecule has 0 aromatic rings.